The van der Waals surface area contributed by atoms with Crippen LogP contribution in [0.4, 0.5) is 11.4 Å². The summed E-state index contributed by atoms with van der Waals surface area (Å²) in [6.45, 7) is 1.59. The lowest BCUT2D eigenvalue weighted by Crippen LogP contribution is -2.13. The Balaban J connectivity index is 1.72. The summed E-state index contributed by atoms with van der Waals surface area (Å²) in [7, 11) is 0. The molecular weight excluding hydrogens is 344 g/mol. The van der Waals surface area contributed by atoms with Crippen LogP contribution >= 0.6 is 11.6 Å². The van der Waals surface area contributed by atoms with Crippen LogP contribution in [0.5, 0.6) is 11.5 Å². The van der Waals surface area contributed by atoms with Crippen molar-refractivity contribution in [1.82, 2.24) is 0 Å². The molecule has 2 aromatic carbocycles. The first kappa shape index (κ1) is 16.9. The maximum Gasteiger partial charge on any atom is 0.248 e. The predicted molar refractivity (Wildman–Crippen MR) is 96.0 cm³/mol. The van der Waals surface area contributed by atoms with Gasteiger partial charge in [-0.05, 0) is 42.0 Å². The number of hydrogen-bond donors (Lipinski definition) is 2. The van der Waals surface area contributed by atoms with Crippen LogP contribution in [0, 0.1) is 0 Å². The maximum absolute atomic E-state index is 12.2. The fraction of sp³-hybridized carbons (Fsp3) is 0.111. The molecule has 0 bridgehead atoms. The van der Waals surface area contributed by atoms with Gasteiger partial charge >= 0.3 is 0 Å². The van der Waals surface area contributed by atoms with Crippen molar-refractivity contribution in [2.24, 2.45) is 0 Å². The second-order valence-corrected chi connectivity index (χ2v) is 5.74. The molecule has 0 unspecified atom stereocenters. The van der Waals surface area contributed by atoms with Gasteiger partial charge in [0.25, 0.3) is 0 Å². The Morgan fingerprint density at radius 3 is 2.64 bits per heavy atom. The van der Waals surface area contributed by atoms with E-state index in [4.69, 9.17) is 21.1 Å². The molecule has 0 aromatic heterocycles. The molecule has 2 amide bonds. The van der Waals surface area contributed by atoms with Crippen molar-refractivity contribution in [2.45, 2.75) is 6.92 Å². The van der Waals surface area contributed by atoms with E-state index in [0.717, 1.165) is 5.56 Å². The van der Waals surface area contributed by atoms with Crippen LogP contribution in [-0.2, 0) is 9.59 Å². The van der Waals surface area contributed by atoms with Gasteiger partial charge in [-0.2, -0.15) is 0 Å². The largest absolute Gasteiger partial charge is 0.454 e. The predicted octanol–water partition coefficient (Wildman–Crippen LogP) is 3.68. The molecule has 0 saturated heterocycles. The second kappa shape index (κ2) is 7.27. The van der Waals surface area contributed by atoms with Crippen LogP contribution in [0.2, 0.25) is 5.02 Å². The molecule has 0 saturated carbocycles. The third-order valence-corrected chi connectivity index (χ3v) is 3.61. The summed E-state index contributed by atoms with van der Waals surface area (Å²) in [6.07, 6.45) is 3.04. The standard InChI is InChI=1S/C18H15ClN2O4/c1-11(22)20-14-5-4-13(19)9-15(14)21-18(23)7-3-12-2-6-16-17(8-12)25-10-24-16/h2-9H,10H2,1H3,(H,20,22)(H,21,23). The molecule has 1 heterocycles. The summed E-state index contributed by atoms with van der Waals surface area (Å²) in [6, 6.07) is 10.2. The SMILES string of the molecule is CC(=O)Nc1ccc(Cl)cc1NC(=O)C=Cc1ccc2c(c1)OCO2. The zero-order valence-corrected chi connectivity index (χ0v) is 14.1. The van der Waals surface area contributed by atoms with Crippen molar-refractivity contribution in [3.8, 4) is 11.5 Å². The summed E-state index contributed by atoms with van der Waals surface area (Å²) in [5, 5.41) is 5.79. The third kappa shape index (κ3) is 4.30. The molecule has 1 aliphatic heterocycles. The van der Waals surface area contributed by atoms with Gasteiger partial charge < -0.3 is 20.1 Å². The molecule has 128 valence electrons. The fourth-order valence-corrected chi connectivity index (χ4v) is 2.45. The van der Waals surface area contributed by atoms with Gasteiger partial charge in [-0.25, -0.2) is 0 Å². The molecule has 3 rings (SSSR count). The van der Waals surface area contributed by atoms with E-state index in [0.29, 0.717) is 27.9 Å². The van der Waals surface area contributed by atoms with Gasteiger partial charge in [0.2, 0.25) is 18.6 Å². The van der Waals surface area contributed by atoms with E-state index in [1.165, 1.54) is 13.0 Å². The topological polar surface area (TPSA) is 76.7 Å². The lowest BCUT2D eigenvalue weighted by atomic mass is 10.2. The normalized spacial score (nSPS) is 12.2. The van der Waals surface area contributed by atoms with E-state index in [1.54, 1.807) is 36.4 Å². The van der Waals surface area contributed by atoms with Gasteiger partial charge in [0.05, 0.1) is 11.4 Å². The van der Waals surface area contributed by atoms with Crippen molar-refractivity contribution in [3.05, 3.63) is 53.1 Å². The summed E-state index contributed by atoms with van der Waals surface area (Å²) in [4.78, 5) is 23.4. The highest BCUT2D eigenvalue weighted by molar-refractivity contribution is 6.31. The number of anilines is 2. The summed E-state index contributed by atoms with van der Waals surface area (Å²) >= 11 is 5.96. The van der Waals surface area contributed by atoms with Gasteiger partial charge in [0.15, 0.2) is 11.5 Å². The molecule has 0 atom stereocenters. The number of fused-ring (bicyclic) bond motifs is 1. The van der Waals surface area contributed by atoms with Crippen LogP contribution in [0.25, 0.3) is 6.08 Å². The minimum atomic E-state index is -0.355. The quantitative estimate of drug-likeness (QED) is 0.817. The molecule has 0 radical (unpaired) electrons. The average molecular weight is 359 g/mol. The van der Waals surface area contributed by atoms with E-state index in [9.17, 15) is 9.59 Å². The van der Waals surface area contributed by atoms with Crippen LogP contribution in [0.15, 0.2) is 42.5 Å². The molecular formula is C18H15ClN2O4. The molecule has 2 aromatic rings. The van der Waals surface area contributed by atoms with E-state index in [1.807, 2.05) is 6.07 Å². The number of carbonyl (C=O) groups is 2. The Bertz CT molecular complexity index is 864. The lowest BCUT2D eigenvalue weighted by molar-refractivity contribution is -0.114. The van der Waals surface area contributed by atoms with Crippen molar-refractivity contribution >= 4 is 40.9 Å². The third-order valence-electron chi connectivity index (χ3n) is 3.37. The zero-order chi connectivity index (χ0) is 17.8. The van der Waals surface area contributed by atoms with E-state index in [2.05, 4.69) is 10.6 Å². The first-order valence-corrected chi connectivity index (χ1v) is 7.85. The Labute approximate surface area is 149 Å². The monoisotopic (exact) mass is 358 g/mol. The first-order chi connectivity index (χ1) is 12.0. The van der Waals surface area contributed by atoms with Crippen LogP contribution in [0.1, 0.15) is 12.5 Å². The number of halogens is 1. The highest BCUT2D eigenvalue weighted by Gasteiger charge is 2.12. The number of carbonyl (C=O) groups excluding carboxylic acids is 2. The minimum absolute atomic E-state index is 0.198. The van der Waals surface area contributed by atoms with Crippen LogP contribution in [0.3, 0.4) is 0 Å². The molecule has 2 N–H and O–H groups in total. The Morgan fingerprint density at radius 1 is 1.04 bits per heavy atom. The number of hydrogen-bond acceptors (Lipinski definition) is 4. The molecule has 0 aliphatic carbocycles. The average Bonchev–Trinajstić information content (AvgIpc) is 3.03. The zero-order valence-electron chi connectivity index (χ0n) is 13.3. The van der Waals surface area contributed by atoms with E-state index < -0.39 is 0 Å². The molecule has 0 spiro atoms. The van der Waals surface area contributed by atoms with Gasteiger partial charge in [0, 0.05) is 18.0 Å². The molecule has 0 fully saturated rings. The molecule has 1 aliphatic rings. The van der Waals surface area contributed by atoms with Crippen molar-refractivity contribution in [1.29, 1.82) is 0 Å². The number of ether oxygens (including phenoxy) is 2. The Kier molecular flexibility index (Phi) is 4.90. The summed E-state index contributed by atoms with van der Waals surface area (Å²) < 4.78 is 10.5. The van der Waals surface area contributed by atoms with E-state index in [-0.39, 0.29) is 18.6 Å². The Hall–Kier alpha value is -2.99. The molecule has 7 heteroatoms. The number of benzene rings is 2. The van der Waals surface area contributed by atoms with Gasteiger partial charge in [-0.3, -0.25) is 9.59 Å². The van der Waals surface area contributed by atoms with Crippen LogP contribution < -0.4 is 20.1 Å². The highest BCUT2D eigenvalue weighted by atomic mass is 35.5. The summed E-state index contributed by atoms with van der Waals surface area (Å²) in [5.41, 5.74) is 1.69. The molecule has 25 heavy (non-hydrogen) atoms. The smallest absolute Gasteiger partial charge is 0.248 e. The fourth-order valence-electron chi connectivity index (χ4n) is 2.28. The highest BCUT2D eigenvalue weighted by Crippen LogP contribution is 2.32. The number of nitrogens with one attached hydrogen (secondary N) is 2. The first-order valence-electron chi connectivity index (χ1n) is 7.47. The number of amides is 2. The van der Waals surface area contributed by atoms with Gasteiger partial charge in [-0.15, -0.1) is 0 Å². The van der Waals surface area contributed by atoms with E-state index >= 15 is 0 Å². The van der Waals surface area contributed by atoms with Gasteiger partial charge in [0.1, 0.15) is 0 Å². The maximum atomic E-state index is 12.2. The number of rotatable bonds is 4. The summed E-state index contributed by atoms with van der Waals surface area (Å²) in [5.74, 6) is 0.728. The Morgan fingerprint density at radius 2 is 1.84 bits per heavy atom. The van der Waals surface area contributed by atoms with Crippen molar-refractivity contribution in [3.63, 3.8) is 0 Å². The van der Waals surface area contributed by atoms with Crippen LogP contribution in [-0.4, -0.2) is 18.6 Å². The minimum Gasteiger partial charge on any atom is -0.454 e. The second-order valence-electron chi connectivity index (χ2n) is 5.31. The molecule has 6 nitrogen and oxygen atoms in total. The van der Waals surface area contributed by atoms with Gasteiger partial charge in [-0.1, -0.05) is 17.7 Å². The lowest BCUT2D eigenvalue weighted by Gasteiger charge is -2.10. The van der Waals surface area contributed by atoms with Crippen molar-refractivity contribution < 1.29 is 19.1 Å². The van der Waals surface area contributed by atoms with Crippen molar-refractivity contribution in [2.75, 3.05) is 17.4 Å².